The van der Waals surface area contributed by atoms with Crippen LogP contribution in [0.5, 0.6) is 11.6 Å². The molecule has 2 aromatic carbocycles. The van der Waals surface area contributed by atoms with E-state index in [4.69, 9.17) is 21.4 Å². The Morgan fingerprint density at radius 1 is 1.22 bits per heavy atom. The highest BCUT2D eigenvalue weighted by molar-refractivity contribution is 6.32. The van der Waals surface area contributed by atoms with Crippen molar-refractivity contribution < 1.29 is 9.84 Å². The van der Waals surface area contributed by atoms with Gasteiger partial charge < -0.3 is 9.84 Å². The van der Waals surface area contributed by atoms with E-state index < -0.39 is 6.10 Å². The first-order valence-electron chi connectivity index (χ1n) is 11.1. The summed E-state index contributed by atoms with van der Waals surface area (Å²) in [5, 5.41) is 15.9. The maximum Gasteiger partial charge on any atom is 0.222 e. The fourth-order valence-electron chi connectivity index (χ4n) is 3.94. The monoisotopic (exact) mass is 451 g/mol. The number of benzene rings is 2. The van der Waals surface area contributed by atoms with Gasteiger partial charge in [0.25, 0.3) is 0 Å². The van der Waals surface area contributed by atoms with Crippen molar-refractivity contribution in [2.75, 3.05) is 6.54 Å². The van der Waals surface area contributed by atoms with E-state index in [1.54, 1.807) is 4.68 Å². The molecule has 0 amide bonds. The molecule has 1 unspecified atom stereocenters. The summed E-state index contributed by atoms with van der Waals surface area (Å²) in [5.74, 6) is 1.27. The minimum atomic E-state index is -0.390. The van der Waals surface area contributed by atoms with Gasteiger partial charge in [-0.3, -0.25) is 4.90 Å². The van der Waals surface area contributed by atoms with Crippen molar-refractivity contribution in [2.24, 2.45) is 7.05 Å². The quantitative estimate of drug-likeness (QED) is 0.373. The van der Waals surface area contributed by atoms with Crippen LogP contribution in [0.25, 0.3) is 11.3 Å². The van der Waals surface area contributed by atoms with Crippen molar-refractivity contribution in [3.05, 3.63) is 77.8 Å². The largest absolute Gasteiger partial charge is 0.437 e. The maximum absolute atomic E-state index is 10.6. The van der Waals surface area contributed by atoms with Gasteiger partial charge in [0.2, 0.25) is 5.88 Å². The predicted molar refractivity (Wildman–Crippen MR) is 129 cm³/mol. The van der Waals surface area contributed by atoms with Gasteiger partial charge in [0.15, 0.2) is 0 Å². The highest BCUT2D eigenvalue weighted by Crippen LogP contribution is 2.38. The van der Waals surface area contributed by atoms with Crippen LogP contribution in [0.3, 0.4) is 0 Å². The Balaban J connectivity index is 1.69. The summed E-state index contributed by atoms with van der Waals surface area (Å²) < 4.78 is 8.09. The Bertz CT molecular complexity index is 1050. The molecule has 0 spiro atoms. The van der Waals surface area contributed by atoms with E-state index in [1.807, 2.05) is 55.6 Å². The Morgan fingerprint density at radius 3 is 2.62 bits per heavy atom. The molecule has 0 bridgehead atoms. The molecule has 168 valence electrons. The molecule has 3 aromatic rings. The van der Waals surface area contributed by atoms with Crippen molar-refractivity contribution in [1.29, 1.82) is 0 Å². The minimum Gasteiger partial charge on any atom is -0.437 e. The van der Waals surface area contributed by atoms with Crippen LogP contribution in [0.2, 0.25) is 5.02 Å². The van der Waals surface area contributed by atoms with Gasteiger partial charge in [-0.25, -0.2) is 4.68 Å². The van der Waals surface area contributed by atoms with Crippen LogP contribution in [0, 0.1) is 0 Å². The third-order valence-electron chi connectivity index (χ3n) is 5.75. The first kappa shape index (κ1) is 22.6. The molecule has 1 aromatic heterocycles. The lowest BCUT2D eigenvalue weighted by atomic mass is 10.1. The standard InChI is InChI=1S/C26H30ClN3O2/c1-3-4-12-21(31)17-30(20-15-16-20)18-22-25(19-10-6-5-7-11-19)28-29(2)26(22)32-24-14-9-8-13-23(24)27/h3,5-11,13-14,20-21,31H,1,4,12,15-18H2,2H3. The fourth-order valence-corrected chi connectivity index (χ4v) is 4.11. The third-order valence-corrected chi connectivity index (χ3v) is 6.06. The summed E-state index contributed by atoms with van der Waals surface area (Å²) in [6.45, 7) is 5.04. The number of nitrogens with zero attached hydrogens (tertiary/aromatic N) is 3. The summed E-state index contributed by atoms with van der Waals surface area (Å²) in [6.07, 6.45) is 5.29. The number of aliphatic hydroxyl groups excluding tert-OH is 1. The van der Waals surface area contributed by atoms with Gasteiger partial charge in [-0.05, 0) is 37.8 Å². The van der Waals surface area contributed by atoms with Crippen LogP contribution >= 0.6 is 11.6 Å². The minimum absolute atomic E-state index is 0.390. The van der Waals surface area contributed by atoms with Crippen LogP contribution in [-0.4, -0.2) is 38.5 Å². The molecule has 6 heteroatoms. The molecule has 0 radical (unpaired) electrons. The molecule has 4 rings (SSSR count). The van der Waals surface area contributed by atoms with E-state index in [2.05, 4.69) is 23.6 Å². The summed E-state index contributed by atoms with van der Waals surface area (Å²) in [5.41, 5.74) is 2.93. The Kier molecular flexibility index (Phi) is 7.30. The van der Waals surface area contributed by atoms with Gasteiger partial charge in [0, 0.05) is 31.7 Å². The van der Waals surface area contributed by atoms with Crippen molar-refractivity contribution >= 4 is 11.6 Å². The molecule has 1 heterocycles. The van der Waals surface area contributed by atoms with Crippen LogP contribution in [0.1, 0.15) is 31.2 Å². The number of aromatic nitrogens is 2. The summed E-state index contributed by atoms with van der Waals surface area (Å²) in [4.78, 5) is 2.36. The predicted octanol–water partition coefficient (Wildman–Crippen LogP) is 5.82. The number of hydrogen-bond donors (Lipinski definition) is 1. The van der Waals surface area contributed by atoms with Gasteiger partial charge in [-0.15, -0.1) is 6.58 Å². The lowest BCUT2D eigenvalue weighted by molar-refractivity contribution is 0.0976. The van der Waals surface area contributed by atoms with Gasteiger partial charge in [0.1, 0.15) is 11.4 Å². The summed E-state index contributed by atoms with van der Waals surface area (Å²) in [6, 6.07) is 18.1. The molecule has 1 N–H and O–H groups in total. The van der Waals surface area contributed by atoms with Crippen molar-refractivity contribution in [3.8, 4) is 22.9 Å². The second-order valence-corrected chi connectivity index (χ2v) is 8.74. The molecular formula is C26H30ClN3O2. The average Bonchev–Trinajstić information content (AvgIpc) is 3.60. The molecule has 1 saturated carbocycles. The highest BCUT2D eigenvalue weighted by atomic mass is 35.5. The SMILES string of the molecule is C=CCCC(O)CN(Cc1c(-c2ccccc2)nn(C)c1Oc1ccccc1Cl)C1CC1. The number of aliphatic hydroxyl groups is 1. The van der Waals surface area contributed by atoms with Crippen LogP contribution < -0.4 is 4.74 Å². The zero-order valence-corrected chi connectivity index (χ0v) is 19.2. The van der Waals surface area contributed by atoms with Crippen LogP contribution in [0.4, 0.5) is 0 Å². The van der Waals surface area contributed by atoms with E-state index in [9.17, 15) is 5.11 Å². The van der Waals surface area contributed by atoms with Crippen molar-refractivity contribution in [3.63, 3.8) is 0 Å². The van der Waals surface area contributed by atoms with Gasteiger partial charge in [-0.2, -0.15) is 5.10 Å². The van der Waals surface area contributed by atoms with E-state index in [0.717, 1.165) is 36.1 Å². The third kappa shape index (κ3) is 5.41. The first-order valence-corrected chi connectivity index (χ1v) is 11.5. The Hall–Kier alpha value is -2.60. The first-order chi connectivity index (χ1) is 15.6. The molecule has 32 heavy (non-hydrogen) atoms. The molecule has 1 fully saturated rings. The van der Waals surface area contributed by atoms with Crippen LogP contribution in [0.15, 0.2) is 67.3 Å². The second kappa shape index (κ2) is 10.3. The number of ether oxygens (including phenoxy) is 1. The number of rotatable bonds is 11. The zero-order valence-electron chi connectivity index (χ0n) is 18.5. The molecule has 0 aliphatic heterocycles. The average molecular weight is 452 g/mol. The molecule has 1 atom stereocenters. The van der Waals surface area contributed by atoms with Crippen LogP contribution in [-0.2, 0) is 13.6 Å². The van der Waals surface area contributed by atoms with Gasteiger partial charge in [0.05, 0.1) is 16.7 Å². The Labute approximate surface area is 194 Å². The zero-order chi connectivity index (χ0) is 22.5. The second-order valence-electron chi connectivity index (χ2n) is 8.33. The lowest BCUT2D eigenvalue weighted by Crippen LogP contribution is -2.34. The molecular weight excluding hydrogens is 422 g/mol. The van der Waals surface area contributed by atoms with Crippen molar-refractivity contribution in [1.82, 2.24) is 14.7 Å². The van der Waals surface area contributed by atoms with E-state index in [-0.39, 0.29) is 0 Å². The van der Waals surface area contributed by atoms with Gasteiger partial charge in [-0.1, -0.05) is 60.1 Å². The number of halogens is 1. The number of allylic oxidation sites excluding steroid dienone is 1. The topological polar surface area (TPSA) is 50.5 Å². The number of hydrogen-bond acceptors (Lipinski definition) is 4. The number of aryl methyl sites for hydroxylation is 1. The maximum atomic E-state index is 10.6. The summed E-state index contributed by atoms with van der Waals surface area (Å²) >= 11 is 6.38. The molecule has 1 aliphatic carbocycles. The Morgan fingerprint density at radius 2 is 1.94 bits per heavy atom. The number of para-hydroxylation sites is 1. The van der Waals surface area contributed by atoms with E-state index in [0.29, 0.717) is 42.2 Å². The van der Waals surface area contributed by atoms with E-state index >= 15 is 0 Å². The lowest BCUT2D eigenvalue weighted by Gasteiger charge is -2.25. The molecule has 5 nitrogen and oxygen atoms in total. The normalized spacial score (nSPS) is 14.5. The highest BCUT2D eigenvalue weighted by Gasteiger charge is 2.33. The molecule has 0 saturated heterocycles. The summed E-state index contributed by atoms with van der Waals surface area (Å²) in [7, 11) is 1.89. The smallest absolute Gasteiger partial charge is 0.222 e. The van der Waals surface area contributed by atoms with Crippen molar-refractivity contribution in [2.45, 2.75) is 44.4 Å². The fraction of sp³-hybridized carbons (Fsp3) is 0.346. The van der Waals surface area contributed by atoms with E-state index in [1.165, 1.54) is 0 Å². The van der Waals surface area contributed by atoms with Gasteiger partial charge >= 0.3 is 0 Å². The molecule has 1 aliphatic rings.